The van der Waals surface area contributed by atoms with E-state index in [1.807, 2.05) is 42.8 Å². The minimum atomic E-state index is 0.0675. The molecule has 0 atom stereocenters. The van der Waals surface area contributed by atoms with E-state index in [0.717, 1.165) is 45.2 Å². The third kappa shape index (κ3) is 2.92. The molecule has 6 heteroatoms. The van der Waals surface area contributed by atoms with E-state index in [2.05, 4.69) is 20.9 Å². The van der Waals surface area contributed by atoms with Gasteiger partial charge < -0.3 is 5.73 Å². The number of aryl methyl sites for hydroxylation is 1. The molecular weight excluding hydrogens is 390 g/mol. The molecule has 2 aromatic heterocycles. The van der Waals surface area contributed by atoms with Crippen LogP contribution in [0.25, 0.3) is 10.9 Å². The predicted molar refractivity (Wildman–Crippen MR) is 123 cm³/mol. The largest absolute Gasteiger partial charge is 0.369 e. The number of hydrogen-bond acceptors (Lipinski definition) is 4. The summed E-state index contributed by atoms with van der Waals surface area (Å²) in [4.78, 5) is 16.7. The summed E-state index contributed by atoms with van der Waals surface area (Å²) in [5.41, 5.74) is 9.70. The molecule has 154 valence electrons. The molecule has 0 radical (unpaired) electrons. The topological polar surface area (TPSA) is 67.4 Å². The van der Waals surface area contributed by atoms with Crippen molar-refractivity contribution in [3.8, 4) is 0 Å². The Kier molecular flexibility index (Phi) is 4.13. The van der Waals surface area contributed by atoms with Gasteiger partial charge in [0.1, 0.15) is 0 Å². The van der Waals surface area contributed by atoms with Crippen molar-refractivity contribution in [2.75, 3.05) is 4.90 Å². The normalized spacial score (nSPS) is 30.2. The molecule has 0 aliphatic heterocycles. The van der Waals surface area contributed by atoms with Crippen molar-refractivity contribution >= 4 is 39.0 Å². The molecule has 4 fully saturated rings. The number of benzene rings is 1. The van der Waals surface area contributed by atoms with Crippen molar-refractivity contribution in [2.45, 2.75) is 51.0 Å². The molecule has 5 nitrogen and oxygen atoms in total. The number of nitrogens with zero attached hydrogens (tertiary/aromatic N) is 4. The molecule has 30 heavy (non-hydrogen) atoms. The van der Waals surface area contributed by atoms with Crippen LogP contribution in [0.5, 0.6) is 0 Å². The lowest BCUT2D eigenvalue weighted by Crippen LogP contribution is -2.63. The van der Waals surface area contributed by atoms with Crippen LogP contribution in [0.15, 0.2) is 46.9 Å². The molecule has 0 saturated heterocycles. The van der Waals surface area contributed by atoms with Gasteiger partial charge in [-0.3, -0.25) is 9.88 Å². The highest BCUT2D eigenvalue weighted by atomic mass is 32.1. The third-order valence-electron chi connectivity index (χ3n) is 7.38. The zero-order valence-electron chi connectivity index (χ0n) is 17.3. The Morgan fingerprint density at radius 2 is 1.83 bits per heavy atom. The number of hydrogen-bond donors (Lipinski definition) is 1. The number of anilines is 1. The fraction of sp³-hybridized carbons (Fsp3) is 0.458. The Bertz CT molecular complexity index is 1080. The Morgan fingerprint density at radius 3 is 2.50 bits per heavy atom. The van der Waals surface area contributed by atoms with E-state index in [4.69, 9.17) is 10.7 Å². The van der Waals surface area contributed by atoms with Gasteiger partial charge in [-0.2, -0.15) is 0 Å². The second-order valence-corrected chi connectivity index (χ2v) is 10.4. The van der Waals surface area contributed by atoms with E-state index in [1.165, 1.54) is 38.5 Å². The van der Waals surface area contributed by atoms with E-state index < -0.39 is 0 Å². The molecule has 0 unspecified atom stereocenters. The van der Waals surface area contributed by atoms with Crippen LogP contribution in [0, 0.1) is 24.7 Å². The maximum atomic E-state index is 6.83. The van der Waals surface area contributed by atoms with Crippen LogP contribution in [-0.4, -0.2) is 21.5 Å². The quantitative estimate of drug-likeness (QED) is 0.456. The minimum Gasteiger partial charge on any atom is -0.369 e. The molecule has 4 bridgehead atoms. The first-order valence-electron chi connectivity index (χ1n) is 11.0. The Hall–Kier alpha value is -2.47. The van der Waals surface area contributed by atoms with Gasteiger partial charge in [0.25, 0.3) is 0 Å². The minimum absolute atomic E-state index is 0.0675. The summed E-state index contributed by atoms with van der Waals surface area (Å²) >= 11 is 1.67. The first kappa shape index (κ1) is 18.3. The van der Waals surface area contributed by atoms with Crippen molar-refractivity contribution in [3.63, 3.8) is 0 Å². The lowest BCUT2D eigenvalue weighted by atomic mass is 9.52. The number of rotatable bonds is 3. The maximum Gasteiger partial charge on any atom is 0.203 e. The average molecular weight is 418 g/mol. The van der Waals surface area contributed by atoms with E-state index in [0.29, 0.717) is 5.96 Å². The van der Waals surface area contributed by atoms with Crippen molar-refractivity contribution in [2.24, 2.45) is 28.5 Å². The Balaban J connectivity index is 1.48. The number of fused-ring (bicyclic) bond motifs is 1. The fourth-order valence-corrected chi connectivity index (χ4v) is 7.52. The summed E-state index contributed by atoms with van der Waals surface area (Å²) in [5, 5.41) is 4.06. The summed E-state index contributed by atoms with van der Waals surface area (Å²) < 4.78 is 0. The fourth-order valence-electron chi connectivity index (χ4n) is 6.76. The van der Waals surface area contributed by atoms with Gasteiger partial charge in [0.05, 0.1) is 16.7 Å². The van der Waals surface area contributed by atoms with Gasteiger partial charge in [-0.1, -0.05) is 18.2 Å². The molecule has 3 aromatic rings. The summed E-state index contributed by atoms with van der Waals surface area (Å²) in [6.45, 7) is 2.01. The number of aliphatic imine (C=N–C) groups is 1. The predicted octanol–water partition coefficient (Wildman–Crippen LogP) is 5.42. The third-order valence-corrected chi connectivity index (χ3v) is 8.13. The van der Waals surface area contributed by atoms with Crippen molar-refractivity contribution in [1.29, 1.82) is 0 Å². The van der Waals surface area contributed by atoms with Crippen LogP contribution in [0.4, 0.5) is 10.8 Å². The number of aromatic nitrogens is 2. The molecule has 2 heterocycles. The number of guanidine groups is 1. The highest BCUT2D eigenvalue weighted by Gasteiger charge is 2.55. The van der Waals surface area contributed by atoms with Crippen molar-refractivity contribution in [1.82, 2.24) is 9.97 Å². The van der Waals surface area contributed by atoms with Gasteiger partial charge in [0, 0.05) is 22.7 Å². The Labute approximate surface area is 181 Å². The van der Waals surface area contributed by atoms with Gasteiger partial charge in [0.15, 0.2) is 5.13 Å². The first-order chi connectivity index (χ1) is 14.6. The SMILES string of the molecule is Cc1cc(N=C(N)N(c2nccs2)C23CC4CC(CC(C4)C2)C3)c2ccccc2n1. The number of nitrogens with two attached hydrogens (primary N) is 1. The lowest BCUT2D eigenvalue weighted by Gasteiger charge is -2.60. The van der Waals surface area contributed by atoms with Gasteiger partial charge in [0.2, 0.25) is 5.96 Å². The van der Waals surface area contributed by atoms with Gasteiger partial charge >= 0.3 is 0 Å². The van der Waals surface area contributed by atoms with Gasteiger partial charge in [-0.15, -0.1) is 11.3 Å². The molecular formula is C24H27N5S. The Morgan fingerprint density at radius 1 is 1.13 bits per heavy atom. The highest BCUT2D eigenvalue weighted by Crippen LogP contribution is 2.58. The molecule has 1 aromatic carbocycles. The molecule has 4 aliphatic rings. The zero-order valence-corrected chi connectivity index (χ0v) is 18.1. The number of para-hydroxylation sites is 1. The summed E-state index contributed by atoms with van der Waals surface area (Å²) in [7, 11) is 0. The van der Waals surface area contributed by atoms with E-state index >= 15 is 0 Å². The number of thiazole rings is 1. The van der Waals surface area contributed by atoms with Crippen LogP contribution in [0.1, 0.15) is 44.2 Å². The molecule has 0 spiro atoms. The second kappa shape index (κ2) is 6.77. The smallest absolute Gasteiger partial charge is 0.203 e. The number of pyridine rings is 1. The molecule has 0 amide bonds. The van der Waals surface area contributed by atoms with Crippen LogP contribution >= 0.6 is 11.3 Å². The summed E-state index contributed by atoms with van der Waals surface area (Å²) in [6.07, 6.45) is 9.72. The molecule has 7 rings (SSSR count). The van der Waals surface area contributed by atoms with Crippen LogP contribution in [0.3, 0.4) is 0 Å². The highest BCUT2D eigenvalue weighted by molar-refractivity contribution is 7.13. The van der Waals surface area contributed by atoms with E-state index in [-0.39, 0.29) is 5.54 Å². The zero-order chi connectivity index (χ0) is 20.3. The van der Waals surface area contributed by atoms with E-state index in [1.54, 1.807) is 11.3 Å². The first-order valence-corrected chi connectivity index (χ1v) is 11.9. The van der Waals surface area contributed by atoms with Crippen LogP contribution in [0.2, 0.25) is 0 Å². The monoisotopic (exact) mass is 417 g/mol. The van der Waals surface area contributed by atoms with E-state index in [9.17, 15) is 0 Å². The van der Waals surface area contributed by atoms with Gasteiger partial charge in [-0.05, 0) is 75.3 Å². The van der Waals surface area contributed by atoms with Crippen molar-refractivity contribution < 1.29 is 0 Å². The van der Waals surface area contributed by atoms with Crippen LogP contribution < -0.4 is 10.6 Å². The summed E-state index contributed by atoms with van der Waals surface area (Å²) in [6, 6.07) is 10.2. The molecule has 2 N–H and O–H groups in total. The average Bonchev–Trinajstić information content (AvgIpc) is 3.20. The standard InChI is InChI=1S/C24H27N5S/c1-15-8-21(19-4-2-3-5-20(19)27-15)28-22(25)29(23-26-6-7-30-23)24-12-16-9-17(13-24)11-18(10-16)14-24/h2-8,16-18H,9-14H2,1H3,(H2,25,27,28). The van der Waals surface area contributed by atoms with Crippen molar-refractivity contribution in [3.05, 3.63) is 47.6 Å². The lowest BCUT2D eigenvalue weighted by molar-refractivity contribution is 0.00173. The molecule has 4 saturated carbocycles. The maximum absolute atomic E-state index is 6.83. The van der Waals surface area contributed by atoms with Gasteiger partial charge in [-0.25, -0.2) is 9.98 Å². The van der Waals surface area contributed by atoms with Crippen LogP contribution in [-0.2, 0) is 0 Å². The summed E-state index contributed by atoms with van der Waals surface area (Å²) in [5.74, 6) is 3.06. The molecule has 4 aliphatic carbocycles. The second-order valence-electron chi connectivity index (χ2n) is 9.56.